The fourth-order valence-electron chi connectivity index (χ4n) is 2.97. The average Bonchev–Trinajstić information content (AvgIpc) is 3.01. The van der Waals surface area contributed by atoms with Crippen LogP contribution in [-0.4, -0.2) is 34.0 Å². The molecule has 2 heterocycles. The number of hydrogen-bond donors (Lipinski definition) is 1. The first-order valence-electron chi connectivity index (χ1n) is 7.69. The summed E-state index contributed by atoms with van der Waals surface area (Å²) < 4.78 is 13.0. The molecule has 0 radical (unpaired) electrons. The van der Waals surface area contributed by atoms with Gasteiger partial charge in [0.15, 0.2) is 0 Å². The minimum Gasteiger partial charge on any atom is -0.388 e. The van der Waals surface area contributed by atoms with E-state index in [1.165, 1.54) is 23.5 Å². The highest BCUT2D eigenvalue weighted by atomic mass is 32.1. The number of nitrogens with zero attached hydrogens (tertiary/aromatic N) is 2. The number of carbonyl (C=O) groups is 1. The van der Waals surface area contributed by atoms with Gasteiger partial charge in [0, 0.05) is 18.5 Å². The van der Waals surface area contributed by atoms with Gasteiger partial charge in [0.25, 0.3) is 5.91 Å². The number of carbonyl (C=O) groups excluding carboxylic acids is 1. The topological polar surface area (TPSA) is 53.4 Å². The van der Waals surface area contributed by atoms with Crippen molar-refractivity contribution in [3.05, 3.63) is 51.7 Å². The summed E-state index contributed by atoms with van der Waals surface area (Å²) in [6.45, 7) is 3.10. The van der Waals surface area contributed by atoms with E-state index in [9.17, 15) is 14.3 Å². The van der Waals surface area contributed by atoms with Crippen molar-refractivity contribution in [2.75, 3.05) is 13.1 Å². The van der Waals surface area contributed by atoms with Crippen LogP contribution in [0.2, 0.25) is 0 Å². The van der Waals surface area contributed by atoms with E-state index in [2.05, 4.69) is 4.98 Å². The molecule has 1 amide bonds. The molecule has 1 fully saturated rings. The van der Waals surface area contributed by atoms with Crippen LogP contribution >= 0.6 is 11.3 Å². The summed E-state index contributed by atoms with van der Waals surface area (Å²) in [6.07, 6.45) is 0.843. The van der Waals surface area contributed by atoms with Gasteiger partial charge in [-0.05, 0) is 43.4 Å². The van der Waals surface area contributed by atoms with Gasteiger partial charge < -0.3 is 10.0 Å². The van der Waals surface area contributed by atoms with Crippen LogP contribution in [0.3, 0.4) is 0 Å². The van der Waals surface area contributed by atoms with Gasteiger partial charge in [-0.1, -0.05) is 12.1 Å². The van der Waals surface area contributed by atoms with E-state index in [0.29, 0.717) is 18.8 Å². The normalized spacial score (nSPS) is 17.3. The first-order valence-corrected chi connectivity index (χ1v) is 8.57. The Morgan fingerprint density at radius 2 is 2.00 bits per heavy atom. The van der Waals surface area contributed by atoms with Crippen molar-refractivity contribution < 1.29 is 14.3 Å². The highest BCUT2D eigenvalue weighted by molar-refractivity contribution is 7.09. The Labute approximate surface area is 138 Å². The lowest BCUT2D eigenvalue weighted by atomic mass is 9.87. The molecule has 1 atom stereocenters. The molecule has 0 unspecified atom stereocenters. The molecule has 4 nitrogen and oxygen atoms in total. The van der Waals surface area contributed by atoms with Crippen LogP contribution in [0, 0.1) is 18.7 Å². The van der Waals surface area contributed by atoms with Crippen LogP contribution in [0.4, 0.5) is 4.39 Å². The van der Waals surface area contributed by atoms with Crippen molar-refractivity contribution in [1.82, 2.24) is 9.88 Å². The number of aliphatic hydroxyl groups excluding tert-OH is 1. The molecule has 0 spiro atoms. The predicted molar refractivity (Wildman–Crippen MR) is 86.8 cm³/mol. The van der Waals surface area contributed by atoms with Crippen molar-refractivity contribution in [2.24, 2.45) is 5.92 Å². The molecule has 1 saturated heterocycles. The molecule has 122 valence electrons. The summed E-state index contributed by atoms with van der Waals surface area (Å²) >= 11 is 1.47. The van der Waals surface area contributed by atoms with E-state index in [4.69, 9.17) is 0 Å². The fourth-order valence-corrected chi connectivity index (χ4v) is 3.56. The lowest BCUT2D eigenvalue weighted by Crippen LogP contribution is -2.39. The number of amides is 1. The molecule has 1 aliphatic heterocycles. The molecule has 1 N–H and O–H groups in total. The summed E-state index contributed by atoms with van der Waals surface area (Å²) in [5.41, 5.74) is 1.23. The van der Waals surface area contributed by atoms with Gasteiger partial charge in [0.1, 0.15) is 11.5 Å². The monoisotopic (exact) mass is 334 g/mol. The Morgan fingerprint density at radius 1 is 1.35 bits per heavy atom. The molecule has 0 aliphatic carbocycles. The van der Waals surface area contributed by atoms with Crippen molar-refractivity contribution >= 4 is 17.2 Å². The standard InChI is InChI=1S/C17H19FN2O2S/c1-11-19-15(10-23-11)17(22)20-8-6-13(7-9-20)16(21)12-2-4-14(18)5-3-12/h2-5,10,13,16,21H,6-9H2,1H3/t16-/m1/s1. The van der Waals surface area contributed by atoms with Crippen LogP contribution in [0.15, 0.2) is 29.6 Å². The summed E-state index contributed by atoms with van der Waals surface area (Å²) in [5.74, 6) is -0.259. The van der Waals surface area contributed by atoms with Crippen molar-refractivity contribution in [2.45, 2.75) is 25.9 Å². The lowest BCUT2D eigenvalue weighted by molar-refractivity contribution is 0.0459. The number of piperidine rings is 1. The van der Waals surface area contributed by atoms with Gasteiger partial charge in [-0.2, -0.15) is 0 Å². The fraction of sp³-hybridized carbons (Fsp3) is 0.412. The number of aryl methyl sites for hydroxylation is 1. The van der Waals surface area contributed by atoms with E-state index >= 15 is 0 Å². The number of hydrogen-bond acceptors (Lipinski definition) is 4. The van der Waals surface area contributed by atoms with Gasteiger partial charge >= 0.3 is 0 Å². The number of thiazole rings is 1. The highest BCUT2D eigenvalue weighted by Gasteiger charge is 2.29. The molecular weight excluding hydrogens is 315 g/mol. The number of halogens is 1. The lowest BCUT2D eigenvalue weighted by Gasteiger charge is -2.34. The average molecular weight is 334 g/mol. The van der Waals surface area contributed by atoms with E-state index < -0.39 is 6.10 Å². The van der Waals surface area contributed by atoms with Crippen molar-refractivity contribution in [3.8, 4) is 0 Å². The molecule has 23 heavy (non-hydrogen) atoms. The summed E-state index contributed by atoms with van der Waals surface area (Å²) in [5, 5.41) is 13.1. The van der Waals surface area contributed by atoms with E-state index in [1.54, 1.807) is 22.4 Å². The maximum Gasteiger partial charge on any atom is 0.273 e. The van der Waals surface area contributed by atoms with Crippen LogP contribution < -0.4 is 0 Å². The Bertz CT molecular complexity index is 678. The molecule has 1 aromatic heterocycles. The van der Waals surface area contributed by atoms with Crippen LogP contribution in [0.25, 0.3) is 0 Å². The van der Waals surface area contributed by atoms with Crippen LogP contribution in [-0.2, 0) is 0 Å². The van der Waals surface area contributed by atoms with Gasteiger partial charge in [-0.3, -0.25) is 4.79 Å². The third-order valence-electron chi connectivity index (χ3n) is 4.32. The molecule has 2 aromatic rings. The quantitative estimate of drug-likeness (QED) is 0.938. The third kappa shape index (κ3) is 3.59. The van der Waals surface area contributed by atoms with Gasteiger partial charge in [-0.15, -0.1) is 11.3 Å². The molecule has 1 aromatic carbocycles. The zero-order valence-corrected chi connectivity index (χ0v) is 13.7. The highest BCUT2D eigenvalue weighted by Crippen LogP contribution is 2.31. The Morgan fingerprint density at radius 3 is 2.57 bits per heavy atom. The Kier molecular flexibility index (Phi) is 4.73. The zero-order chi connectivity index (χ0) is 16.4. The van der Waals surface area contributed by atoms with Crippen molar-refractivity contribution in [3.63, 3.8) is 0 Å². The number of likely N-dealkylation sites (tertiary alicyclic amines) is 1. The second-order valence-electron chi connectivity index (χ2n) is 5.88. The number of rotatable bonds is 3. The number of benzene rings is 1. The summed E-state index contributed by atoms with van der Waals surface area (Å²) in [7, 11) is 0. The molecule has 6 heteroatoms. The number of aromatic nitrogens is 1. The van der Waals surface area contributed by atoms with Gasteiger partial charge in [0.2, 0.25) is 0 Å². The molecular formula is C17H19FN2O2S. The smallest absolute Gasteiger partial charge is 0.273 e. The second-order valence-corrected chi connectivity index (χ2v) is 6.94. The predicted octanol–water partition coefficient (Wildman–Crippen LogP) is 3.18. The summed E-state index contributed by atoms with van der Waals surface area (Å²) in [4.78, 5) is 18.4. The maximum absolute atomic E-state index is 13.0. The summed E-state index contributed by atoms with van der Waals surface area (Å²) in [6, 6.07) is 5.97. The molecule has 1 aliphatic rings. The largest absolute Gasteiger partial charge is 0.388 e. The van der Waals surface area contributed by atoms with Gasteiger partial charge in [-0.25, -0.2) is 9.37 Å². The first kappa shape index (κ1) is 16.1. The number of aliphatic hydroxyl groups is 1. The molecule has 0 saturated carbocycles. The SMILES string of the molecule is Cc1nc(C(=O)N2CCC([C@H](O)c3ccc(F)cc3)CC2)cs1. The second kappa shape index (κ2) is 6.76. The maximum atomic E-state index is 13.0. The Balaban J connectivity index is 1.59. The van der Waals surface area contributed by atoms with E-state index in [0.717, 1.165) is 23.4 Å². The van der Waals surface area contributed by atoms with Crippen LogP contribution in [0.5, 0.6) is 0 Å². The molecule has 0 bridgehead atoms. The van der Waals surface area contributed by atoms with Crippen LogP contribution in [0.1, 0.15) is 40.0 Å². The third-order valence-corrected chi connectivity index (χ3v) is 5.10. The van der Waals surface area contributed by atoms with Gasteiger partial charge in [0.05, 0.1) is 11.1 Å². The minimum absolute atomic E-state index is 0.0379. The van der Waals surface area contributed by atoms with Crippen molar-refractivity contribution in [1.29, 1.82) is 0 Å². The first-order chi connectivity index (χ1) is 11.0. The van der Waals surface area contributed by atoms with E-state index in [1.807, 2.05) is 6.92 Å². The Hall–Kier alpha value is -1.79. The minimum atomic E-state index is -0.616. The zero-order valence-electron chi connectivity index (χ0n) is 12.9. The van der Waals surface area contributed by atoms with E-state index in [-0.39, 0.29) is 17.6 Å². The molecule has 3 rings (SSSR count).